The third-order valence-electron chi connectivity index (χ3n) is 3.50. The number of carbonyl (C=O) groups excluding carboxylic acids is 1. The summed E-state index contributed by atoms with van der Waals surface area (Å²) < 4.78 is 0. The number of likely N-dealkylation sites (tertiary alicyclic amines) is 1. The highest BCUT2D eigenvalue weighted by Gasteiger charge is 2.20. The van der Waals surface area contributed by atoms with Crippen molar-refractivity contribution in [3.05, 3.63) is 34.9 Å². The highest BCUT2D eigenvalue weighted by atomic mass is 16.2. The van der Waals surface area contributed by atoms with Crippen molar-refractivity contribution in [3.8, 4) is 0 Å². The van der Waals surface area contributed by atoms with Gasteiger partial charge in [0.1, 0.15) is 0 Å². The van der Waals surface area contributed by atoms with Crippen LogP contribution in [0.3, 0.4) is 0 Å². The van der Waals surface area contributed by atoms with E-state index in [1.807, 2.05) is 11.0 Å². The Morgan fingerprint density at radius 1 is 1.29 bits per heavy atom. The lowest BCUT2D eigenvalue weighted by Crippen LogP contribution is -2.28. The molecule has 0 spiro atoms. The van der Waals surface area contributed by atoms with E-state index in [2.05, 4.69) is 26.0 Å². The predicted molar refractivity (Wildman–Crippen MR) is 70.6 cm³/mol. The molecule has 2 heteroatoms. The van der Waals surface area contributed by atoms with Crippen LogP contribution in [0.2, 0.25) is 0 Å². The van der Waals surface area contributed by atoms with Gasteiger partial charge in [-0.3, -0.25) is 4.79 Å². The summed E-state index contributed by atoms with van der Waals surface area (Å²) in [6.07, 6.45) is 10.5. The van der Waals surface area contributed by atoms with Crippen LogP contribution in [0.25, 0.3) is 0 Å². The van der Waals surface area contributed by atoms with Gasteiger partial charge in [-0.15, -0.1) is 0 Å². The summed E-state index contributed by atoms with van der Waals surface area (Å²) in [6, 6.07) is 0. The maximum absolute atomic E-state index is 12.3. The molecule has 1 aliphatic carbocycles. The SMILES string of the molecule is CCC1=CC=C(C(=O)N2CCCC2)C=C(C)C1. The Bertz CT molecular complexity index is 395. The monoisotopic (exact) mass is 231 g/mol. The zero-order valence-electron chi connectivity index (χ0n) is 10.8. The zero-order chi connectivity index (χ0) is 12.3. The first-order valence-corrected chi connectivity index (χ1v) is 6.57. The minimum absolute atomic E-state index is 0.204. The summed E-state index contributed by atoms with van der Waals surface area (Å²) in [7, 11) is 0. The number of rotatable bonds is 2. The molecule has 1 aliphatic heterocycles. The van der Waals surface area contributed by atoms with Gasteiger partial charge in [0.25, 0.3) is 5.91 Å². The van der Waals surface area contributed by atoms with Crippen LogP contribution in [0, 0.1) is 0 Å². The van der Waals surface area contributed by atoms with Crippen LogP contribution in [0.15, 0.2) is 34.9 Å². The van der Waals surface area contributed by atoms with E-state index in [0.29, 0.717) is 0 Å². The van der Waals surface area contributed by atoms with Gasteiger partial charge in [-0.25, -0.2) is 0 Å². The van der Waals surface area contributed by atoms with Gasteiger partial charge in [-0.1, -0.05) is 30.2 Å². The van der Waals surface area contributed by atoms with Crippen molar-refractivity contribution in [2.75, 3.05) is 13.1 Å². The highest BCUT2D eigenvalue weighted by molar-refractivity contribution is 5.97. The Labute approximate surface area is 104 Å². The lowest BCUT2D eigenvalue weighted by atomic mass is 10.1. The van der Waals surface area contributed by atoms with E-state index in [9.17, 15) is 4.79 Å². The van der Waals surface area contributed by atoms with Crippen molar-refractivity contribution in [1.29, 1.82) is 0 Å². The third-order valence-corrected chi connectivity index (χ3v) is 3.50. The van der Waals surface area contributed by atoms with Gasteiger partial charge < -0.3 is 4.90 Å². The van der Waals surface area contributed by atoms with Crippen LogP contribution < -0.4 is 0 Å². The summed E-state index contributed by atoms with van der Waals surface area (Å²) in [5, 5.41) is 0. The van der Waals surface area contributed by atoms with E-state index < -0.39 is 0 Å². The molecule has 0 radical (unpaired) electrons. The second-order valence-corrected chi connectivity index (χ2v) is 4.97. The molecule has 0 bridgehead atoms. The Balaban J connectivity index is 2.18. The average Bonchev–Trinajstić information content (AvgIpc) is 2.78. The van der Waals surface area contributed by atoms with Crippen LogP contribution >= 0.6 is 0 Å². The van der Waals surface area contributed by atoms with Crippen molar-refractivity contribution < 1.29 is 4.79 Å². The molecule has 1 fully saturated rings. The molecular weight excluding hydrogens is 210 g/mol. The molecule has 92 valence electrons. The van der Waals surface area contributed by atoms with E-state index in [1.165, 1.54) is 11.1 Å². The van der Waals surface area contributed by atoms with Crippen LogP contribution in [0.5, 0.6) is 0 Å². The molecule has 1 heterocycles. The van der Waals surface area contributed by atoms with E-state index in [4.69, 9.17) is 0 Å². The molecule has 0 aromatic heterocycles. The van der Waals surface area contributed by atoms with Crippen LogP contribution in [0.1, 0.15) is 39.5 Å². The first kappa shape index (κ1) is 12.2. The summed E-state index contributed by atoms with van der Waals surface area (Å²) in [4.78, 5) is 14.3. The molecule has 0 unspecified atom stereocenters. The van der Waals surface area contributed by atoms with Gasteiger partial charge in [0, 0.05) is 18.7 Å². The number of hydrogen-bond donors (Lipinski definition) is 0. The zero-order valence-corrected chi connectivity index (χ0v) is 10.8. The maximum Gasteiger partial charge on any atom is 0.253 e. The molecule has 2 aliphatic rings. The fourth-order valence-corrected chi connectivity index (χ4v) is 2.47. The first-order valence-electron chi connectivity index (χ1n) is 6.57. The van der Waals surface area contributed by atoms with Crippen molar-refractivity contribution in [2.24, 2.45) is 0 Å². The van der Waals surface area contributed by atoms with Crippen LogP contribution in [-0.2, 0) is 4.79 Å². The molecule has 0 atom stereocenters. The van der Waals surface area contributed by atoms with Crippen molar-refractivity contribution in [1.82, 2.24) is 4.90 Å². The molecule has 0 N–H and O–H groups in total. The molecule has 17 heavy (non-hydrogen) atoms. The molecule has 1 amide bonds. The Morgan fingerprint density at radius 2 is 2.00 bits per heavy atom. The molecule has 2 nitrogen and oxygen atoms in total. The Hall–Kier alpha value is -1.31. The first-order chi connectivity index (χ1) is 8.20. The summed E-state index contributed by atoms with van der Waals surface area (Å²) in [5.41, 5.74) is 3.55. The second-order valence-electron chi connectivity index (χ2n) is 4.97. The third kappa shape index (κ3) is 2.87. The number of amides is 1. The minimum Gasteiger partial charge on any atom is -0.339 e. The smallest absolute Gasteiger partial charge is 0.253 e. The predicted octanol–water partition coefficient (Wildman–Crippen LogP) is 3.22. The normalized spacial score (nSPS) is 20.6. The standard InChI is InChI=1S/C15H21NO/c1-3-13-6-7-14(11-12(2)10-13)15(17)16-8-4-5-9-16/h6-7,11H,3-5,8-10H2,1-2H3. The van der Waals surface area contributed by atoms with E-state index >= 15 is 0 Å². The summed E-state index contributed by atoms with van der Waals surface area (Å²) in [6.45, 7) is 6.13. The van der Waals surface area contributed by atoms with E-state index in [0.717, 1.165) is 44.3 Å². The lowest BCUT2D eigenvalue weighted by molar-refractivity contribution is -0.125. The molecule has 0 saturated carbocycles. The minimum atomic E-state index is 0.204. The fourth-order valence-electron chi connectivity index (χ4n) is 2.47. The van der Waals surface area contributed by atoms with E-state index in [-0.39, 0.29) is 5.91 Å². The van der Waals surface area contributed by atoms with Gasteiger partial charge in [0.05, 0.1) is 0 Å². The molecule has 0 aromatic rings. The van der Waals surface area contributed by atoms with Gasteiger partial charge >= 0.3 is 0 Å². The Kier molecular flexibility index (Phi) is 3.82. The number of hydrogen-bond acceptors (Lipinski definition) is 1. The fraction of sp³-hybridized carbons (Fsp3) is 0.533. The molecule has 1 saturated heterocycles. The summed E-state index contributed by atoms with van der Waals surface area (Å²) >= 11 is 0. The quantitative estimate of drug-likeness (QED) is 0.714. The van der Waals surface area contributed by atoms with Gasteiger partial charge in [-0.05, 0) is 38.7 Å². The van der Waals surface area contributed by atoms with Gasteiger partial charge in [-0.2, -0.15) is 0 Å². The lowest BCUT2D eigenvalue weighted by Gasteiger charge is -2.15. The van der Waals surface area contributed by atoms with Crippen molar-refractivity contribution >= 4 is 5.91 Å². The maximum atomic E-state index is 12.3. The number of carbonyl (C=O) groups is 1. The molecular formula is C15H21NO. The van der Waals surface area contributed by atoms with Crippen LogP contribution in [-0.4, -0.2) is 23.9 Å². The van der Waals surface area contributed by atoms with E-state index in [1.54, 1.807) is 0 Å². The number of allylic oxidation sites excluding steroid dienone is 4. The number of nitrogens with zero attached hydrogens (tertiary/aromatic N) is 1. The highest BCUT2D eigenvalue weighted by Crippen LogP contribution is 2.22. The second kappa shape index (κ2) is 5.35. The van der Waals surface area contributed by atoms with Crippen molar-refractivity contribution in [2.45, 2.75) is 39.5 Å². The van der Waals surface area contributed by atoms with Gasteiger partial charge in [0.2, 0.25) is 0 Å². The topological polar surface area (TPSA) is 20.3 Å². The van der Waals surface area contributed by atoms with Crippen LogP contribution in [0.4, 0.5) is 0 Å². The average molecular weight is 231 g/mol. The Morgan fingerprint density at radius 3 is 2.65 bits per heavy atom. The van der Waals surface area contributed by atoms with Crippen molar-refractivity contribution in [3.63, 3.8) is 0 Å². The molecule has 2 rings (SSSR count). The summed E-state index contributed by atoms with van der Waals surface area (Å²) in [5.74, 6) is 0.204. The largest absolute Gasteiger partial charge is 0.339 e. The molecule has 0 aromatic carbocycles. The van der Waals surface area contributed by atoms with Gasteiger partial charge in [0.15, 0.2) is 0 Å².